The van der Waals surface area contributed by atoms with Crippen molar-refractivity contribution in [3.8, 4) is 0 Å². The van der Waals surface area contributed by atoms with Crippen molar-refractivity contribution in [3.05, 3.63) is 30.1 Å². The Kier molecular flexibility index (Phi) is 4.32. The molecule has 4 nitrogen and oxygen atoms in total. The van der Waals surface area contributed by atoms with E-state index in [9.17, 15) is 4.79 Å². The molecule has 0 saturated heterocycles. The van der Waals surface area contributed by atoms with Gasteiger partial charge in [0.15, 0.2) is 0 Å². The molecule has 0 aliphatic rings. The number of hydrogen-bond acceptors (Lipinski definition) is 3. The van der Waals surface area contributed by atoms with Crippen LogP contribution in [0, 0.1) is 5.92 Å². The maximum atomic E-state index is 12.2. The van der Waals surface area contributed by atoms with Crippen LogP contribution in [-0.4, -0.2) is 21.9 Å². The van der Waals surface area contributed by atoms with Gasteiger partial charge in [-0.15, -0.1) is 0 Å². The van der Waals surface area contributed by atoms with Crippen molar-refractivity contribution in [1.29, 1.82) is 0 Å². The fraction of sp³-hybridized carbons (Fsp3) is 0.467. The number of benzene rings is 1. The summed E-state index contributed by atoms with van der Waals surface area (Å²) in [6.07, 6.45) is 2.21. The lowest BCUT2D eigenvalue weighted by Gasteiger charge is -2.12. The average molecular weight is 259 g/mol. The number of aromatic nitrogens is 2. The van der Waals surface area contributed by atoms with Crippen LogP contribution in [0.25, 0.3) is 11.0 Å². The zero-order valence-electron chi connectivity index (χ0n) is 11.6. The minimum Gasteiger partial charge on any atom is -0.331 e. The summed E-state index contributed by atoms with van der Waals surface area (Å²) in [6.45, 7) is 2.50. The minimum absolute atomic E-state index is 0.0372. The van der Waals surface area contributed by atoms with Gasteiger partial charge in [0.05, 0.1) is 17.5 Å². The molecule has 0 aliphatic carbocycles. The van der Waals surface area contributed by atoms with E-state index < -0.39 is 0 Å². The van der Waals surface area contributed by atoms with E-state index in [0.717, 1.165) is 29.7 Å². The SMILES string of the molecule is CCCC(CN)C(=O)Cc1nc2ccccc2n1C. The van der Waals surface area contributed by atoms with Gasteiger partial charge in [0.1, 0.15) is 11.6 Å². The molecule has 0 saturated carbocycles. The minimum atomic E-state index is -0.0372. The molecule has 0 spiro atoms. The van der Waals surface area contributed by atoms with E-state index in [1.54, 1.807) is 0 Å². The molecule has 2 N–H and O–H groups in total. The summed E-state index contributed by atoms with van der Waals surface area (Å²) in [6, 6.07) is 7.93. The molecule has 0 aliphatic heterocycles. The van der Waals surface area contributed by atoms with Crippen LogP contribution in [0.2, 0.25) is 0 Å². The van der Waals surface area contributed by atoms with Gasteiger partial charge in [-0.2, -0.15) is 0 Å². The highest BCUT2D eigenvalue weighted by atomic mass is 16.1. The third kappa shape index (κ3) is 2.84. The number of para-hydroxylation sites is 2. The number of carbonyl (C=O) groups excluding carboxylic acids is 1. The average Bonchev–Trinajstić information content (AvgIpc) is 2.73. The Hall–Kier alpha value is -1.68. The van der Waals surface area contributed by atoms with Gasteiger partial charge in [0.2, 0.25) is 0 Å². The molecule has 0 fully saturated rings. The zero-order chi connectivity index (χ0) is 13.8. The van der Waals surface area contributed by atoms with Gasteiger partial charge in [-0.1, -0.05) is 25.5 Å². The second-order valence-corrected chi connectivity index (χ2v) is 4.94. The van der Waals surface area contributed by atoms with Crippen LogP contribution in [0.15, 0.2) is 24.3 Å². The summed E-state index contributed by atoms with van der Waals surface area (Å²) in [4.78, 5) is 16.8. The van der Waals surface area contributed by atoms with E-state index in [4.69, 9.17) is 5.73 Å². The molecular weight excluding hydrogens is 238 g/mol. The molecule has 102 valence electrons. The summed E-state index contributed by atoms with van der Waals surface area (Å²) in [7, 11) is 1.95. The molecule has 2 rings (SSSR count). The Bertz CT molecular complexity index is 574. The van der Waals surface area contributed by atoms with Crippen LogP contribution >= 0.6 is 0 Å². The molecule has 0 radical (unpaired) electrons. The van der Waals surface area contributed by atoms with Gasteiger partial charge in [-0.05, 0) is 18.6 Å². The van der Waals surface area contributed by atoms with E-state index in [1.807, 2.05) is 35.9 Å². The standard InChI is InChI=1S/C15H21N3O/c1-3-6-11(10-16)14(19)9-15-17-12-7-4-5-8-13(12)18(15)2/h4-5,7-8,11H,3,6,9-10,16H2,1-2H3. The number of hydrogen-bond donors (Lipinski definition) is 1. The predicted molar refractivity (Wildman–Crippen MR) is 76.9 cm³/mol. The van der Waals surface area contributed by atoms with Crippen molar-refractivity contribution in [2.45, 2.75) is 26.2 Å². The number of fused-ring (bicyclic) bond motifs is 1. The molecule has 0 bridgehead atoms. The van der Waals surface area contributed by atoms with Crippen LogP contribution < -0.4 is 5.73 Å². The molecule has 1 unspecified atom stereocenters. The van der Waals surface area contributed by atoms with Crippen molar-refractivity contribution in [3.63, 3.8) is 0 Å². The van der Waals surface area contributed by atoms with Crippen LogP contribution in [0.3, 0.4) is 0 Å². The number of nitrogens with zero attached hydrogens (tertiary/aromatic N) is 2. The zero-order valence-corrected chi connectivity index (χ0v) is 11.6. The quantitative estimate of drug-likeness (QED) is 0.863. The van der Waals surface area contributed by atoms with Crippen molar-refractivity contribution in [1.82, 2.24) is 9.55 Å². The topological polar surface area (TPSA) is 60.9 Å². The van der Waals surface area contributed by atoms with Gasteiger partial charge < -0.3 is 10.3 Å². The van der Waals surface area contributed by atoms with Crippen molar-refractivity contribution in [2.75, 3.05) is 6.54 Å². The van der Waals surface area contributed by atoms with Crippen molar-refractivity contribution in [2.24, 2.45) is 18.7 Å². The number of Topliss-reactive ketones (excluding diaryl/α,β-unsaturated/α-hetero) is 1. The van der Waals surface area contributed by atoms with Gasteiger partial charge in [-0.25, -0.2) is 4.98 Å². The molecular formula is C15H21N3O. The third-order valence-corrected chi connectivity index (χ3v) is 3.59. The highest BCUT2D eigenvalue weighted by molar-refractivity contribution is 5.84. The number of rotatable bonds is 6. The Morgan fingerprint density at radius 1 is 1.42 bits per heavy atom. The van der Waals surface area contributed by atoms with Gasteiger partial charge in [0.25, 0.3) is 0 Å². The molecule has 1 aromatic carbocycles. The molecule has 0 amide bonds. The first-order chi connectivity index (χ1) is 9.17. The molecule has 1 atom stereocenters. The Balaban J connectivity index is 2.21. The highest BCUT2D eigenvalue weighted by Crippen LogP contribution is 2.16. The molecule has 4 heteroatoms. The monoisotopic (exact) mass is 259 g/mol. The lowest BCUT2D eigenvalue weighted by Crippen LogP contribution is -2.25. The Morgan fingerprint density at radius 2 is 2.16 bits per heavy atom. The number of imidazole rings is 1. The normalized spacial score (nSPS) is 12.8. The summed E-state index contributed by atoms with van der Waals surface area (Å²) in [5.74, 6) is 0.980. The first kappa shape index (κ1) is 13.7. The van der Waals surface area contributed by atoms with Crippen LogP contribution in [-0.2, 0) is 18.3 Å². The van der Waals surface area contributed by atoms with E-state index in [2.05, 4.69) is 11.9 Å². The second kappa shape index (κ2) is 5.97. The molecule has 1 heterocycles. The molecule has 19 heavy (non-hydrogen) atoms. The predicted octanol–water partition coefficient (Wildman–Crippen LogP) is 2.06. The largest absolute Gasteiger partial charge is 0.331 e. The number of nitrogens with two attached hydrogens (primary N) is 1. The van der Waals surface area contributed by atoms with Crippen LogP contribution in [0.4, 0.5) is 0 Å². The maximum Gasteiger partial charge on any atom is 0.144 e. The summed E-state index contributed by atoms with van der Waals surface area (Å²) < 4.78 is 1.99. The van der Waals surface area contributed by atoms with Crippen LogP contribution in [0.5, 0.6) is 0 Å². The van der Waals surface area contributed by atoms with Crippen molar-refractivity contribution < 1.29 is 4.79 Å². The van der Waals surface area contributed by atoms with Gasteiger partial charge in [-0.3, -0.25) is 4.79 Å². The van der Waals surface area contributed by atoms with Gasteiger partial charge >= 0.3 is 0 Å². The fourth-order valence-corrected chi connectivity index (χ4v) is 2.41. The smallest absolute Gasteiger partial charge is 0.144 e. The van der Waals surface area contributed by atoms with E-state index in [-0.39, 0.29) is 11.7 Å². The number of carbonyl (C=O) groups is 1. The second-order valence-electron chi connectivity index (χ2n) is 4.94. The maximum absolute atomic E-state index is 12.2. The van der Waals surface area contributed by atoms with E-state index in [0.29, 0.717) is 13.0 Å². The van der Waals surface area contributed by atoms with Crippen molar-refractivity contribution >= 4 is 16.8 Å². The lowest BCUT2D eigenvalue weighted by molar-refractivity contribution is -0.122. The highest BCUT2D eigenvalue weighted by Gasteiger charge is 2.19. The molecule has 2 aromatic rings. The lowest BCUT2D eigenvalue weighted by atomic mass is 9.96. The Morgan fingerprint density at radius 3 is 2.79 bits per heavy atom. The summed E-state index contributed by atoms with van der Waals surface area (Å²) >= 11 is 0. The third-order valence-electron chi connectivity index (χ3n) is 3.59. The number of ketones is 1. The van der Waals surface area contributed by atoms with Crippen LogP contribution in [0.1, 0.15) is 25.6 Å². The molecule has 1 aromatic heterocycles. The Labute approximate surface area is 113 Å². The first-order valence-electron chi connectivity index (χ1n) is 6.80. The number of aryl methyl sites for hydroxylation is 1. The summed E-state index contributed by atoms with van der Waals surface area (Å²) in [5.41, 5.74) is 7.68. The van der Waals surface area contributed by atoms with E-state index in [1.165, 1.54) is 0 Å². The van der Waals surface area contributed by atoms with Gasteiger partial charge in [0, 0.05) is 19.5 Å². The summed E-state index contributed by atoms with van der Waals surface area (Å²) in [5, 5.41) is 0. The first-order valence-corrected chi connectivity index (χ1v) is 6.80. The van der Waals surface area contributed by atoms with E-state index >= 15 is 0 Å². The fourth-order valence-electron chi connectivity index (χ4n) is 2.41.